The molecule has 3 aliphatic rings. The van der Waals surface area contributed by atoms with Gasteiger partial charge in [-0.3, -0.25) is 0 Å². The Labute approximate surface area is 177 Å². The summed E-state index contributed by atoms with van der Waals surface area (Å²) in [5, 5.41) is 9.03. The van der Waals surface area contributed by atoms with Gasteiger partial charge in [-0.2, -0.15) is 0 Å². The summed E-state index contributed by atoms with van der Waals surface area (Å²) >= 11 is 0. The molecule has 1 aromatic carbocycles. The van der Waals surface area contributed by atoms with Crippen molar-refractivity contribution in [1.29, 1.82) is 0 Å². The third kappa shape index (κ3) is 3.32. The predicted molar refractivity (Wildman–Crippen MR) is 116 cm³/mol. The number of anilines is 1. The second-order valence-electron chi connectivity index (χ2n) is 9.11. The quantitative estimate of drug-likeness (QED) is 0.757. The van der Waals surface area contributed by atoms with Crippen molar-refractivity contribution in [2.45, 2.75) is 75.8 Å². The van der Waals surface area contributed by atoms with Crippen LogP contribution in [0.1, 0.15) is 55.4 Å². The van der Waals surface area contributed by atoms with Gasteiger partial charge < -0.3 is 14.6 Å². The summed E-state index contributed by atoms with van der Waals surface area (Å²) < 4.78 is 25.1. The Morgan fingerprint density at radius 2 is 1.87 bits per heavy atom. The molecular formula is C22H28N4O3S. The number of benzene rings is 1. The molecule has 0 bridgehead atoms. The van der Waals surface area contributed by atoms with Crippen LogP contribution in [0.4, 0.5) is 10.5 Å². The summed E-state index contributed by atoms with van der Waals surface area (Å²) in [6.45, 7) is 4.70. The molecule has 0 saturated heterocycles. The van der Waals surface area contributed by atoms with E-state index in [1.807, 2.05) is 18.4 Å². The highest BCUT2D eigenvalue weighted by molar-refractivity contribution is 7.91. The van der Waals surface area contributed by atoms with Crippen LogP contribution in [0.15, 0.2) is 27.6 Å². The normalized spacial score (nSPS) is 20.5. The highest BCUT2D eigenvalue weighted by Gasteiger charge is 2.31. The topological polar surface area (TPSA) is 98.7 Å². The van der Waals surface area contributed by atoms with E-state index in [2.05, 4.69) is 15.7 Å². The molecule has 2 amide bonds. The number of aryl methyl sites for hydroxylation is 3. The van der Waals surface area contributed by atoms with E-state index in [4.69, 9.17) is 9.88 Å². The van der Waals surface area contributed by atoms with Gasteiger partial charge in [-0.15, -0.1) is 4.36 Å². The van der Waals surface area contributed by atoms with Crippen molar-refractivity contribution >= 4 is 21.6 Å². The molecule has 1 atom stereocenters. The molecule has 30 heavy (non-hydrogen) atoms. The van der Waals surface area contributed by atoms with Gasteiger partial charge >= 0.3 is 6.03 Å². The first-order chi connectivity index (χ1) is 14.2. The van der Waals surface area contributed by atoms with E-state index in [1.54, 1.807) is 12.3 Å². The summed E-state index contributed by atoms with van der Waals surface area (Å²) in [4.78, 5) is 13.1. The Kier molecular flexibility index (Phi) is 4.48. The van der Waals surface area contributed by atoms with Crippen molar-refractivity contribution in [3.05, 3.63) is 40.6 Å². The van der Waals surface area contributed by atoms with Crippen LogP contribution < -0.4 is 15.2 Å². The largest absolute Gasteiger partial charge is 0.472 e. The van der Waals surface area contributed by atoms with Crippen LogP contribution in [0.3, 0.4) is 0 Å². The summed E-state index contributed by atoms with van der Waals surface area (Å²) in [7, 11) is -3.44. The Hall–Kier alpha value is -2.32. The van der Waals surface area contributed by atoms with Crippen LogP contribution in [0, 0.1) is 0 Å². The first-order valence-corrected chi connectivity index (χ1v) is 12.2. The van der Waals surface area contributed by atoms with Crippen molar-refractivity contribution in [2.75, 3.05) is 5.32 Å². The van der Waals surface area contributed by atoms with Crippen LogP contribution in [0.5, 0.6) is 5.88 Å². The molecule has 1 aliphatic heterocycles. The van der Waals surface area contributed by atoms with Gasteiger partial charge in [0.2, 0.25) is 5.88 Å². The maximum atomic E-state index is 13.3. The van der Waals surface area contributed by atoms with Gasteiger partial charge in [-0.1, -0.05) is 6.07 Å². The number of carbonyl (C=O) groups is 1. The van der Waals surface area contributed by atoms with Crippen molar-refractivity contribution in [3.8, 4) is 5.88 Å². The first kappa shape index (κ1) is 19.6. The molecule has 2 heterocycles. The standard InChI is InChI=1S/C22H28N4O3S/c1-22(2)10-12-26-11-9-18(20(26)29-22)30(23,28)25-21(27)24-19-16-7-3-5-14(16)13-15-6-4-8-17(15)19/h9,11,13H,3-8,10,12H2,1-2H3,(H3,23,24,25,27,28). The Morgan fingerprint density at radius 1 is 1.20 bits per heavy atom. The second-order valence-corrected chi connectivity index (χ2v) is 10.9. The van der Waals surface area contributed by atoms with Crippen LogP contribution in [-0.2, 0) is 42.1 Å². The molecule has 8 heteroatoms. The summed E-state index contributed by atoms with van der Waals surface area (Å²) in [5.41, 5.74) is 5.53. The monoisotopic (exact) mass is 428 g/mol. The first-order valence-electron chi connectivity index (χ1n) is 10.6. The summed E-state index contributed by atoms with van der Waals surface area (Å²) in [6, 6.07) is 3.29. The summed E-state index contributed by atoms with van der Waals surface area (Å²) in [6.07, 6.45) is 8.79. The van der Waals surface area contributed by atoms with E-state index in [1.165, 1.54) is 22.3 Å². The molecule has 0 saturated carbocycles. The Balaban J connectivity index is 1.48. The fourth-order valence-electron chi connectivity index (χ4n) is 4.92. The van der Waals surface area contributed by atoms with Crippen LogP contribution in [0.2, 0.25) is 0 Å². The number of aromatic nitrogens is 1. The van der Waals surface area contributed by atoms with Gasteiger partial charge in [0.1, 0.15) is 20.4 Å². The van der Waals surface area contributed by atoms with Gasteiger partial charge in [0, 0.05) is 24.8 Å². The van der Waals surface area contributed by atoms with Crippen molar-refractivity contribution in [2.24, 2.45) is 9.50 Å². The molecular weight excluding hydrogens is 400 g/mol. The van der Waals surface area contributed by atoms with Crippen molar-refractivity contribution in [3.63, 3.8) is 0 Å². The maximum absolute atomic E-state index is 13.3. The lowest BCUT2D eigenvalue weighted by molar-refractivity contribution is 0.0545. The van der Waals surface area contributed by atoms with Crippen LogP contribution >= 0.6 is 0 Å². The number of nitrogens with one attached hydrogen (secondary N) is 1. The molecule has 2 aromatic rings. The minimum absolute atomic E-state index is 0.272. The van der Waals surface area contributed by atoms with E-state index < -0.39 is 15.9 Å². The van der Waals surface area contributed by atoms with Gasteiger partial charge in [-0.25, -0.2) is 14.1 Å². The van der Waals surface area contributed by atoms with Crippen molar-refractivity contribution < 1.29 is 13.7 Å². The number of hydrogen-bond acceptors (Lipinski definition) is 3. The molecule has 3 N–H and O–H groups in total. The predicted octanol–water partition coefficient (Wildman–Crippen LogP) is 3.96. The van der Waals surface area contributed by atoms with E-state index in [-0.39, 0.29) is 10.5 Å². The number of nitrogens with zero attached hydrogens (tertiary/aromatic N) is 2. The number of nitrogens with two attached hydrogens (primary N) is 1. The molecule has 7 nitrogen and oxygen atoms in total. The number of carbonyl (C=O) groups excluding carboxylic acids is 1. The fraction of sp³-hybridized carbons (Fsp3) is 0.500. The third-order valence-corrected chi connectivity index (χ3v) is 7.82. The molecule has 0 radical (unpaired) electrons. The lowest BCUT2D eigenvalue weighted by Crippen LogP contribution is -2.35. The molecule has 2 aliphatic carbocycles. The van der Waals surface area contributed by atoms with Gasteiger partial charge in [0.05, 0.1) is 0 Å². The van der Waals surface area contributed by atoms with Crippen LogP contribution in [0.25, 0.3) is 0 Å². The highest BCUT2D eigenvalue weighted by Crippen LogP contribution is 2.39. The maximum Gasteiger partial charge on any atom is 0.354 e. The zero-order valence-corrected chi connectivity index (χ0v) is 18.3. The lowest BCUT2D eigenvalue weighted by Gasteiger charge is -2.32. The number of urea groups is 1. The highest BCUT2D eigenvalue weighted by atomic mass is 32.2. The Bertz CT molecular complexity index is 1140. The van der Waals surface area contributed by atoms with Crippen molar-refractivity contribution in [1.82, 2.24) is 4.57 Å². The number of rotatable bonds is 2. The molecule has 1 unspecified atom stereocenters. The average Bonchev–Trinajstić information content (AvgIpc) is 3.38. The van der Waals surface area contributed by atoms with Crippen LogP contribution in [-0.4, -0.2) is 20.4 Å². The zero-order valence-electron chi connectivity index (χ0n) is 17.5. The second kappa shape index (κ2) is 6.85. The molecule has 0 spiro atoms. The minimum Gasteiger partial charge on any atom is -0.472 e. The minimum atomic E-state index is -3.44. The Morgan fingerprint density at radius 3 is 2.53 bits per heavy atom. The number of amides is 2. The van der Waals surface area contributed by atoms with Gasteiger partial charge in [-0.05, 0) is 80.7 Å². The fourth-order valence-corrected chi connectivity index (χ4v) is 5.97. The average molecular weight is 429 g/mol. The van der Waals surface area contributed by atoms with Gasteiger partial charge in [0.15, 0.2) is 0 Å². The molecule has 0 fully saturated rings. The molecule has 5 rings (SSSR count). The molecule has 160 valence electrons. The van der Waals surface area contributed by atoms with E-state index in [9.17, 15) is 9.00 Å². The summed E-state index contributed by atoms with van der Waals surface area (Å²) in [5.74, 6) is 0.441. The number of fused-ring (bicyclic) bond motifs is 3. The smallest absolute Gasteiger partial charge is 0.354 e. The SMILES string of the molecule is CC1(C)CCn2ccc(S(N)(=O)=NC(=O)Nc3c4c(cc5c3CCC5)CCC4)c2O1. The third-order valence-electron chi connectivity index (χ3n) is 6.44. The van der Waals surface area contributed by atoms with E-state index >= 15 is 0 Å². The van der Waals surface area contributed by atoms with E-state index in [0.29, 0.717) is 5.88 Å². The number of hydrogen-bond donors (Lipinski definition) is 2. The molecule has 1 aromatic heterocycles. The van der Waals surface area contributed by atoms with Gasteiger partial charge in [0.25, 0.3) is 0 Å². The number of ether oxygens (including phenoxy) is 1. The van der Waals surface area contributed by atoms with E-state index in [0.717, 1.165) is 57.2 Å². The zero-order chi connectivity index (χ0) is 21.1. The lowest BCUT2D eigenvalue weighted by atomic mass is 9.99.